The van der Waals surface area contributed by atoms with E-state index >= 15 is 0 Å². The van der Waals surface area contributed by atoms with Gasteiger partial charge >= 0.3 is 11.7 Å². The van der Waals surface area contributed by atoms with E-state index in [0.29, 0.717) is 6.42 Å². The lowest BCUT2D eigenvalue weighted by Crippen LogP contribution is -2.29. The van der Waals surface area contributed by atoms with Gasteiger partial charge in [-0.15, -0.1) is 0 Å². The summed E-state index contributed by atoms with van der Waals surface area (Å²) in [6, 6.07) is 1.50. The van der Waals surface area contributed by atoms with E-state index in [1.165, 1.54) is 81.0 Å². The van der Waals surface area contributed by atoms with Gasteiger partial charge in [-0.3, -0.25) is 9.36 Å². The highest BCUT2D eigenvalue weighted by Crippen LogP contribution is 2.28. The Morgan fingerprint density at radius 1 is 1.09 bits per heavy atom. The Hall–Kier alpha value is -1.93. The Kier molecular flexibility index (Phi) is 13.1. The van der Waals surface area contributed by atoms with Crippen LogP contribution in [0.5, 0.6) is 0 Å². The van der Waals surface area contributed by atoms with Crippen molar-refractivity contribution < 1.29 is 19.4 Å². The molecule has 33 heavy (non-hydrogen) atoms. The van der Waals surface area contributed by atoms with Crippen LogP contribution in [0.3, 0.4) is 0 Å². The molecular formula is C25H43N3O5. The number of aliphatic hydroxyl groups is 1. The molecule has 0 aliphatic carbocycles. The lowest BCUT2D eigenvalue weighted by atomic mass is 10.0. The molecule has 0 unspecified atom stereocenters. The molecule has 0 spiro atoms. The summed E-state index contributed by atoms with van der Waals surface area (Å²) < 4.78 is 12.3. The maximum absolute atomic E-state index is 12.0. The first-order valence-corrected chi connectivity index (χ1v) is 12.8. The number of aliphatic hydroxyl groups excluding tert-OH is 1. The summed E-state index contributed by atoms with van der Waals surface area (Å²) in [6.45, 7) is 2.23. The zero-order valence-electron chi connectivity index (χ0n) is 20.3. The first-order chi connectivity index (χ1) is 16.0. The zero-order chi connectivity index (χ0) is 23.9. The van der Waals surface area contributed by atoms with Crippen molar-refractivity contribution in [2.24, 2.45) is 0 Å². The molecule has 3 atom stereocenters. The van der Waals surface area contributed by atoms with Gasteiger partial charge in [-0.05, 0) is 12.5 Å². The van der Waals surface area contributed by atoms with Crippen molar-refractivity contribution in [2.75, 3.05) is 12.3 Å². The molecule has 0 bridgehead atoms. The standard InChI is InChI=1S/C25H43N3O5/c1-2-3-4-5-6-7-8-9-10-11-12-13-14-15-24(30)32-19-21-20(29)18-23(33-21)28-17-16-22(26)27-25(28)31/h16-17,20-21,23,29H,2-15,18-19H2,1H3,(H2,26,27,31)/t20-,21-,23-/m1/s1. The van der Waals surface area contributed by atoms with Gasteiger partial charge in [0.15, 0.2) is 0 Å². The zero-order valence-corrected chi connectivity index (χ0v) is 20.3. The highest BCUT2D eigenvalue weighted by Gasteiger charge is 2.36. The third-order valence-corrected chi connectivity index (χ3v) is 6.26. The monoisotopic (exact) mass is 465 g/mol. The van der Waals surface area contributed by atoms with E-state index < -0.39 is 24.1 Å². The highest BCUT2D eigenvalue weighted by atomic mass is 16.6. The topological polar surface area (TPSA) is 117 Å². The van der Waals surface area contributed by atoms with Gasteiger partial charge in [0.1, 0.15) is 24.8 Å². The van der Waals surface area contributed by atoms with Gasteiger partial charge in [0.25, 0.3) is 0 Å². The number of hydrogen-bond acceptors (Lipinski definition) is 7. The summed E-state index contributed by atoms with van der Waals surface area (Å²) in [7, 11) is 0. The maximum atomic E-state index is 12.0. The minimum atomic E-state index is -0.816. The molecule has 188 valence electrons. The Morgan fingerprint density at radius 2 is 1.67 bits per heavy atom. The van der Waals surface area contributed by atoms with Gasteiger partial charge in [-0.25, -0.2) is 4.79 Å². The van der Waals surface area contributed by atoms with Crippen LogP contribution >= 0.6 is 0 Å². The molecule has 8 heteroatoms. The number of hydrogen-bond donors (Lipinski definition) is 2. The molecule has 1 aromatic heterocycles. The normalized spacial score (nSPS) is 20.2. The van der Waals surface area contributed by atoms with Gasteiger partial charge in [-0.1, -0.05) is 84.0 Å². The van der Waals surface area contributed by atoms with E-state index in [-0.39, 0.29) is 24.8 Å². The van der Waals surface area contributed by atoms with Crippen molar-refractivity contribution in [3.63, 3.8) is 0 Å². The number of nitrogens with zero attached hydrogens (tertiary/aromatic N) is 2. The van der Waals surface area contributed by atoms with Gasteiger partial charge < -0.3 is 20.3 Å². The predicted molar refractivity (Wildman–Crippen MR) is 129 cm³/mol. The summed E-state index contributed by atoms with van der Waals surface area (Å²) >= 11 is 0. The fourth-order valence-corrected chi connectivity index (χ4v) is 4.22. The van der Waals surface area contributed by atoms with Crippen molar-refractivity contribution >= 4 is 11.8 Å². The predicted octanol–water partition coefficient (Wildman–Crippen LogP) is 4.50. The quantitative estimate of drug-likeness (QED) is 0.257. The first kappa shape index (κ1) is 27.3. The Labute approximate surface area is 197 Å². The number of aromatic nitrogens is 2. The average Bonchev–Trinajstić information content (AvgIpc) is 3.15. The second kappa shape index (κ2) is 15.8. The van der Waals surface area contributed by atoms with Crippen LogP contribution in [0.2, 0.25) is 0 Å². The number of esters is 1. The van der Waals surface area contributed by atoms with Crippen LogP contribution in [0.15, 0.2) is 17.1 Å². The number of carbonyl (C=O) groups is 1. The molecule has 1 aliphatic heterocycles. The minimum Gasteiger partial charge on any atom is -0.463 e. The molecule has 2 rings (SSSR count). The van der Waals surface area contributed by atoms with E-state index in [2.05, 4.69) is 11.9 Å². The number of nitrogens with two attached hydrogens (primary N) is 1. The Morgan fingerprint density at radius 3 is 2.24 bits per heavy atom. The number of unbranched alkanes of at least 4 members (excludes halogenated alkanes) is 12. The van der Waals surface area contributed by atoms with Crippen molar-refractivity contribution in [2.45, 2.75) is 122 Å². The van der Waals surface area contributed by atoms with Crippen LogP contribution in [-0.2, 0) is 14.3 Å². The number of nitrogen functional groups attached to an aromatic ring is 1. The maximum Gasteiger partial charge on any atom is 0.351 e. The molecule has 8 nitrogen and oxygen atoms in total. The SMILES string of the molecule is CCCCCCCCCCCCCCCC(=O)OC[C@H]1O[C@@H](n2ccc(N)nc2=O)C[C@H]1O. The van der Waals surface area contributed by atoms with Crippen molar-refractivity contribution in [1.82, 2.24) is 9.55 Å². The van der Waals surface area contributed by atoms with Crippen LogP contribution in [-0.4, -0.2) is 39.4 Å². The van der Waals surface area contributed by atoms with E-state index in [1.807, 2.05) is 0 Å². The largest absolute Gasteiger partial charge is 0.463 e. The van der Waals surface area contributed by atoms with Crippen molar-refractivity contribution in [1.29, 1.82) is 0 Å². The molecule has 1 fully saturated rings. The smallest absolute Gasteiger partial charge is 0.351 e. The summed E-state index contributed by atoms with van der Waals surface area (Å²) in [4.78, 5) is 27.6. The third-order valence-electron chi connectivity index (χ3n) is 6.26. The Bertz CT molecular complexity index is 739. The lowest BCUT2D eigenvalue weighted by Gasteiger charge is -2.16. The fourth-order valence-electron chi connectivity index (χ4n) is 4.22. The molecule has 1 saturated heterocycles. The lowest BCUT2D eigenvalue weighted by molar-refractivity contribution is -0.150. The van der Waals surface area contributed by atoms with E-state index in [9.17, 15) is 14.7 Å². The van der Waals surface area contributed by atoms with Crippen molar-refractivity contribution in [3.05, 3.63) is 22.7 Å². The van der Waals surface area contributed by atoms with Gasteiger partial charge in [-0.2, -0.15) is 4.98 Å². The summed E-state index contributed by atoms with van der Waals surface area (Å²) in [5.74, 6) is -0.142. The van der Waals surface area contributed by atoms with Crippen molar-refractivity contribution in [3.8, 4) is 0 Å². The summed E-state index contributed by atoms with van der Waals surface area (Å²) in [5, 5.41) is 10.2. The Balaban J connectivity index is 1.47. The van der Waals surface area contributed by atoms with Crippen LogP contribution in [0, 0.1) is 0 Å². The molecule has 0 saturated carbocycles. The van der Waals surface area contributed by atoms with E-state index in [4.69, 9.17) is 15.2 Å². The molecule has 0 aromatic carbocycles. The molecule has 1 aromatic rings. The second-order valence-electron chi connectivity index (χ2n) is 9.15. The average molecular weight is 466 g/mol. The van der Waals surface area contributed by atoms with Crippen LogP contribution < -0.4 is 11.4 Å². The number of rotatable bonds is 17. The van der Waals surface area contributed by atoms with Gasteiger partial charge in [0.05, 0.1) is 6.10 Å². The molecule has 0 radical (unpaired) electrons. The highest BCUT2D eigenvalue weighted by molar-refractivity contribution is 5.69. The second-order valence-corrected chi connectivity index (χ2v) is 9.15. The molecule has 3 N–H and O–H groups in total. The molecule has 2 heterocycles. The van der Waals surface area contributed by atoms with Crippen LogP contribution in [0.25, 0.3) is 0 Å². The fraction of sp³-hybridized carbons (Fsp3) is 0.800. The minimum absolute atomic E-state index is 0.0217. The van der Waals surface area contributed by atoms with Crippen LogP contribution in [0.4, 0.5) is 5.82 Å². The van der Waals surface area contributed by atoms with Gasteiger partial charge in [0.2, 0.25) is 0 Å². The summed E-state index contributed by atoms with van der Waals surface area (Å²) in [6.07, 6.45) is 16.3. The van der Waals surface area contributed by atoms with Gasteiger partial charge in [0, 0.05) is 19.0 Å². The number of carbonyl (C=O) groups excluding carboxylic acids is 1. The number of anilines is 1. The molecule has 1 aliphatic rings. The molecular weight excluding hydrogens is 422 g/mol. The summed E-state index contributed by atoms with van der Waals surface area (Å²) in [5.41, 5.74) is 4.96. The van der Waals surface area contributed by atoms with Crippen LogP contribution in [0.1, 0.15) is 109 Å². The first-order valence-electron chi connectivity index (χ1n) is 12.8. The van der Waals surface area contributed by atoms with E-state index in [0.717, 1.165) is 19.3 Å². The number of ether oxygens (including phenoxy) is 2. The molecule has 0 amide bonds. The van der Waals surface area contributed by atoms with E-state index in [1.54, 1.807) is 0 Å². The third kappa shape index (κ3) is 10.7.